The lowest BCUT2D eigenvalue weighted by Crippen LogP contribution is -2.45. The summed E-state index contributed by atoms with van der Waals surface area (Å²) in [5.41, 5.74) is 0.354. The number of non-ortho nitro benzene ring substituents is 1. The molecule has 0 bridgehead atoms. The van der Waals surface area contributed by atoms with E-state index in [9.17, 15) is 29.3 Å². The van der Waals surface area contributed by atoms with E-state index in [4.69, 9.17) is 18.9 Å². The van der Waals surface area contributed by atoms with Crippen LogP contribution in [-0.2, 0) is 41.8 Å². The lowest BCUT2D eigenvalue weighted by atomic mass is 10.0. The number of carbonyl (C=O) groups is 4. The first-order valence-electron chi connectivity index (χ1n) is 17.7. The van der Waals surface area contributed by atoms with Gasteiger partial charge in [-0.15, -0.1) is 0 Å². The third kappa shape index (κ3) is 13.6. The van der Waals surface area contributed by atoms with E-state index >= 15 is 0 Å². The first kappa shape index (κ1) is 42.0. The fraction of sp³-hybridized carbons (Fsp3) is 0.273. The maximum atomic E-state index is 13.3. The first-order valence-corrected chi connectivity index (χ1v) is 17.7. The molecular formula is C44H44N2O10. The van der Waals surface area contributed by atoms with Gasteiger partial charge in [0.1, 0.15) is 36.2 Å². The Kier molecular flexibility index (Phi) is 14.3. The number of nitrogens with one attached hydrogen (secondary N) is 1. The Bertz CT molecular complexity index is 2140. The van der Waals surface area contributed by atoms with Gasteiger partial charge in [-0.1, -0.05) is 84.6 Å². The third-order valence-electron chi connectivity index (χ3n) is 7.48. The fourth-order valence-electron chi connectivity index (χ4n) is 5.04. The predicted octanol–water partition coefficient (Wildman–Crippen LogP) is 7.50. The molecule has 0 aliphatic rings. The van der Waals surface area contributed by atoms with Crippen molar-refractivity contribution in [1.29, 1.82) is 0 Å². The standard InChI is InChI=1S/C44H44N2O10/c1-43(2,3)55-40(48)27-37(42(50)56-44(4,5)6)45-39(47)25-21-32-18-13-19-38(53-28-30-14-9-7-10-15-30)35(32)23-20-33-26-34(46(51)52)22-24-36(33)41(49)54-29-31-16-11-8-12-17-31/h7-19,21-22,24-26,37H,27-29H2,1-6H3,(H,45,47)/b25-21+/t37-/m0/s1. The summed E-state index contributed by atoms with van der Waals surface area (Å²) < 4.78 is 22.5. The van der Waals surface area contributed by atoms with E-state index in [1.54, 1.807) is 71.9 Å². The van der Waals surface area contributed by atoms with Crippen molar-refractivity contribution >= 4 is 35.6 Å². The number of nitro groups is 1. The molecule has 12 nitrogen and oxygen atoms in total. The van der Waals surface area contributed by atoms with Crippen LogP contribution in [0.5, 0.6) is 5.75 Å². The number of rotatable bonds is 13. The highest BCUT2D eigenvalue weighted by molar-refractivity contribution is 5.96. The van der Waals surface area contributed by atoms with Gasteiger partial charge in [-0.05, 0) is 76.4 Å². The van der Waals surface area contributed by atoms with Gasteiger partial charge in [-0.3, -0.25) is 19.7 Å². The summed E-state index contributed by atoms with van der Waals surface area (Å²) in [5.74, 6) is 3.24. The van der Waals surface area contributed by atoms with Crippen molar-refractivity contribution in [3.8, 4) is 17.6 Å². The predicted molar refractivity (Wildman–Crippen MR) is 209 cm³/mol. The molecule has 12 heteroatoms. The highest BCUT2D eigenvalue weighted by atomic mass is 16.6. The molecule has 0 saturated heterocycles. The van der Waals surface area contributed by atoms with E-state index in [1.165, 1.54) is 24.3 Å². The minimum atomic E-state index is -1.35. The van der Waals surface area contributed by atoms with Crippen LogP contribution in [0.15, 0.2) is 103 Å². The Morgan fingerprint density at radius 3 is 2.02 bits per heavy atom. The van der Waals surface area contributed by atoms with Gasteiger partial charge in [0.05, 0.1) is 22.5 Å². The lowest BCUT2D eigenvalue weighted by molar-refractivity contribution is -0.384. The van der Waals surface area contributed by atoms with Crippen molar-refractivity contribution < 1.29 is 43.0 Å². The molecule has 0 radical (unpaired) electrons. The second-order valence-corrected chi connectivity index (χ2v) is 14.5. The Morgan fingerprint density at radius 2 is 1.41 bits per heavy atom. The molecule has 0 aliphatic carbocycles. The summed E-state index contributed by atoms with van der Waals surface area (Å²) in [6.45, 7) is 10.2. The number of amides is 1. The molecule has 1 amide bonds. The van der Waals surface area contributed by atoms with E-state index < -0.39 is 52.4 Å². The van der Waals surface area contributed by atoms with Crippen molar-refractivity contribution in [2.24, 2.45) is 0 Å². The van der Waals surface area contributed by atoms with Crippen LogP contribution in [0.4, 0.5) is 5.69 Å². The molecule has 0 fully saturated rings. The van der Waals surface area contributed by atoms with Gasteiger partial charge in [0.2, 0.25) is 5.91 Å². The van der Waals surface area contributed by atoms with E-state index in [0.717, 1.165) is 17.2 Å². The van der Waals surface area contributed by atoms with Gasteiger partial charge >= 0.3 is 17.9 Å². The minimum absolute atomic E-state index is 0.0105. The van der Waals surface area contributed by atoms with Crippen molar-refractivity contribution in [3.63, 3.8) is 0 Å². The number of nitro benzene ring substituents is 1. The molecule has 0 heterocycles. The number of esters is 3. The van der Waals surface area contributed by atoms with E-state index in [-0.39, 0.29) is 30.0 Å². The summed E-state index contributed by atoms with van der Waals surface area (Å²) in [4.78, 5) is 63.4. The van der Waals surface area contributed by atoms with Gasteiger partial charge in [-0.25, -0.2) is 9.59 Å². The van der Waals surface area contributed by atoms with Crippen molar-refractivity contribution in [1.82, 2.24) is 5.32 Å². The Morgan fingerprint density at radius 1 is 0.786 bits per heavy atom. The SMILES string of the molecule is CC(C)(C)OC(=O)C[C@H](NC(=O)/C=C/c1cccc(OCc2ccccc2)c1C#Cc1cc([N+](=O)[O-])ccc1C(=O)OCc1ccccc1)C(=O)OC(C)(C)C. The zero-order valence-electron chi connectivity index (χ0n) is 32.1. The van der Waals surface area contributed by atoms with Gasteiger partial charge in [0.25, 0.3) is 5.69 Å². The fourth-order valence-corrected chi connectivity index (χ4v) is 5.04. The number of ether oxygens (including phenoxy) is 4. The Labute approximate surface area is 326 Å². The molecule has 4 aromatic rings. The summed E-state index contributed by atoms with van der Waals surface area (Å²) in [5, 5.41) is 14.3. The van der Waals surface area contributed by atoms with Crippen molar-refractivity contribution in [2.75, 3.05) is 0 Å². The molecule has 0 saturated carbocycles. The second-order valence-electron chi connectivity index (χ2n) is 14.5. The monoisotopic (exact) mass is 760 g/mol. The van der Waals surface area contributed by atoms with Crippen molar-refractivity contribution in [2.45, 2.75) is 78.4 Å². The Balaban J connectivity index is 1.70. The number of carbonyl (C=O) groups excluding carboxylic acids is 4. The van der Waals surface area contributed by atoms with Crippen molar-refractivity contribution in [3.05, 3.63) is 147 Å². The topological polar surface area (TPSA) is 160 Å². The van der Waals surface area contributed by atoms with Crippen LogP contribution in [-0.4, -0.2) is 46.0 Å². The zero-order chi connectivity index (χ0) is 40.9. The molecule has 4 rings (SSSR count). The number of hydrogen-bond acceptors (Lipinski definition) is 10. The highest BCUT2D eigenvalue weighted by Gasteiger charge is 2.30. The molecule has 0 aliphatic heterocycles. The van der Waals surface area contributed by atoms with Gasteiger partial charge in [0, 0.05) is 23.8 Å². The summed E-state index contributed by atoms with van der Waals surface area (Å²) in [6.07, 6.45) is 2.13. The maximum absolute atomic E-state index is 13.3. The normalized spacial score (nSPS) is 11.8. The first-order chi connectivity index (χ1) is 26.5. The molecular weight excluding hydrogens is 716 g/mol. The smallest absolute Gasteiger partial charge is 0.339 e. The average molecular weight is 761 g/mol. The van der Waals surface area contributed by atoms with Crippen LogP contribution in [0.25, 0.3) is 6.08 Å². The van der Waals surface area contributed by atoms with E-state index in [2.05, 4.69) is 17.2 Å². The number of hydrogen-bond donors (Lipinski definition) is 1. The molecule has 4 aromatic carbocycles. The van der Waals surface area contributed by atoms with Crippen LogP contribution < -0.4 is 10.1 Å². The van der Waals surface area contributed by atoms with Crippen LogP contribution >= 0.6 is 0 Å². The summed E-state index contributed by atoms with van der Waals surface area (Å²) in [7, 11) is 0. The molecule has 56 heavy (non-hydrogen) atoms. The molecule has 0 aromatic heterocycles. The van der Waals surface area contributed by atoms with Crippen LogP contribution in [0, 0.1) is 22.0 Å². The second kappa shape index (κ2) is 19.0. The molecule has 290 valence electrons. The van der Waals surface area contributed by atoms with E-state index in [1.807, 2.05) is 48.5 Å². The van der Waals surface area contributed by atoms with E-state index in [0.29, 0.717) is 16.9 Å². The largest absolute Gasteiger partial charge is 0.488 e. The van der Waals surface area contributed by atoms with Crippen LogP contribution in [0.3, 0.4) is 0 Å². The quantitative estimate of drug-likeness (QED) is 0.0361. The third-order valence-corrected chi connectivity index (χ3v) is 7.48. The van der Waals surface area contributed by atoms with Gasteiger partial charge < -0.3 is 24.3 Å². The molecule has 0 spiro atoms. The Hall–Kier alpha value is -6.74. The highest BCUT2D eigenvalue weighted by Crippen LogP contribution is 2.26. The number of nitrogens with zero attached hydrogens (tertiary/aromatic N) is 1. The average Bonchev–Trinajstić information content (AvgIpc) is 3.13. The summed E-state index contributed by atoms with van der Waals surface area (Å²) >= 11 is 0. The molecule has 1 atom stereocenters. The molecule has 0 unspecified atom stereocenters. The van der Waals surface area contributed by atoms with Gasteiger partial charge in [-0.2, -0.15) is 0 Å². The number of benzene rings is 4. The van der Waals surface area contributed by atoms with Crippen LogP contribution in [0.1, 0.15) is 86.1 Å². The molecule has 1 N–H and O–H groups in total. The van der Waals surface area contributed by atoms with Crippen LogP contribution in [0.2, 0.25) is 0 Å². The summed E-state index contributed by atoms with van der Waals surface area (Å²) in [6, 6.07) is 25.8. The maximum Gasteiger partial charge on any atom is 0.339 e. The minimum Gasteiger partial charge on any atom is -0.488 e. The lowest BCUT2D eigenvalue weighted by Gasteiger charge is -2.25. The zero-order valence-corrected chi connectivity index (χ0v) is 32.1. The van der Waals surface area contributed by atoms with Gasteiger partial charge in [0.15, 0.2) is 0 Å².